The largest absolute Gasteiger partial charge is 0.381 e. The Morgan fingerprint density at radius 1 is 1.35 bits per heavy atom. The average molecular weight is 244 g/mol. The van der Waals surface area contributed by atoms with Gasteiger partial charge in [0.05, 0.1) is 11.6 Å². The van der Waals surface area contributed by atoms with E-state index < -0.39 is 0 Å². The van der Waals surface area contributed by atoms with Crippen LogP contribution < -0.4 is 11.3 Å². The molecule has 4 heteroatoms. The Balaban J connectivity index is 2.77. The zero-order valence-electron chi connectivity index (χ0n) is 11.5. The van der Waals surface area contributed by atoms with Crippen molar-refractivity contribution in [1.29, 1.82) is 0 Å². The lowest BCUT2D eigenvalue weighted by molar-refractivity contribution is -0.135. The first kappa shape index (κ1) is 14.9. The summed E-state index contributed by atoms with van der Waals surface area (Å²) in [6, 6.07) is 0.214. The van der Waals surface area contributed by atoms with E-state index in [0.717, 1.165) is 32.7 Å². The second-order valence-electron chi connectivity index (χ2n) is 5.02. The molecule has 1 rings (SSSR count). The first-order valence-corrected chi connectivity index (χ1v) is 6.88. The minimum atomic E-state index is -0.143. The lowest BCUT2D eigenvalue weighted by Crippen LogP contribution is -2.60. The average Bonchev–Trinajstić information content (AvgIpc) is 2.31. The molecular formula is C13H28N2O2. The maximum absolute atomic E-state index is 6.07. The molecule has 0 bridgehead atoms. The smallest absolute Gasteiger partial charge is 0.0894 e. The Kier molecular flexibility index (Phi) is 6.41. The van der Waals surface area contributed by atoms with Crippen LogP contribution in [0.15, 0.2) is 0 Å². The van der Waals surface area contributed by atoms with Crippen LogP contribution in [0.3, 0.4) is 0 Å². The fourth-order valence-corrected chi connectivity index (χ4v) is 3.01. The van der Waals surface area contributed by atoms with Crippen LogP contribution in [0, 0.1) is 5.92 Å². The second-order valence-corrected chi connectivity index (χ2v) is 5.02. The minimum absolute atomic E-state index is 0.143. The van der Waals surface area contributed by atoms with Crippen LogP contribution in [-0.2, 0) is 9.47 Å². The third-order valence-electron chi connectivity index (χ3n) is 3.83. The SMILES string of the molecule is CCCC(C)C(NN)C1(OCC)CCOCC1. The number of hydrogen-bond acceptors (Lipinski definition) is 4. The molecule has 0 radical (unpaired) electrons. The number of hydrazine groups is 1. The molecule has 1 aliphatic rings. The van der Waals surface area contributed by atoms with Gasteiger partial charge in [0.1, 0.15) is 0 Å². The van der Waals surface area contributed by atoms with E-state index in [0.29, 0.717) is 5.92 Å². The maximum Gasteiger partial charge on any atom is 0.0894 e. The van der Waals surface area contributed by atoms with Gasteiger partial charge in [-0.2, -0.15) is 0 Å². The van der Waals surface area contributed by atoms with Gasteiger partial charge in [0.25, 0.3) is 0 Å². The molecule has 0 aromatic rings. The summed E-state index contributed by atoms with van der Waals surface area (Å²) < 4.78 is 11.5. The molecule has 102 valence electrons. The van der Waals surface area contributed by atoms with Crippen LogP contribution >= 0.6 is 0 Å². The van der Waals surface area contributed by atoms with Crippen molar-refractivity contribution in [2.45, 2.75) is 58.1 Å². The van der Waals surface area contributed by atoms with Gasteiger partial charge in [0.2, 0.25) is 0 Å². The van der Waals surface area contributed by atoms with Crippen LogP contribution in [0.25, 0.3) is 0 Å². The van der Waals surface area contributed by atoms with E-state index in [2.05, 4.69) is 26.2 Å². The molecule has 3 N–H and O–H groups in total. The normalized spacial score (nSPS) is 23.3. The van der Waals surface area contributed by atoms with Crippen LogP contribution in [0.1, 0.15) is 46.5 Å². The van der Waals surface area contributed by atoms with Gasteiger partial charge in [0.15, 0.2) is 0 Å². The highest BCUT2D eigenvalue weighted by atomic mass is 16.5. The third kappa shape index (κ3) is 3.65. The topological polar surface area (TPSA) is 56.5 Å². The third-order valence-corrected chi connectivity index (χ3v) is 3.83. The second kappa shape index (κ2) is 7.31. The Bertz CT molecular complexity index is 200. The van der Waals surface area contributed by atoms with E-state index in [1.165, 1.54) is 12.8 Å². The van der Waals surface area contributed by atoms with E-state index >= 15 is 0 Å². The van der Waals surface area contributed by atoms with Gasteiger partial charge in [-0.3, -0.25) is 11.3 Å². The molecule has 0 spiro atoms. The van der Waals surface area contributed by atoms with Crippen LogP contribution in [0.4, 0.5) is 0 Å². The molecular weight excluding hydrogens is 216 g/mol. The summed E-state index contributed by atoms with van der Waals surface area (Å²) in [7, 11) is 0. The Hall–Kier alpha value is -0.160. The molecule has 1 aliphatic heterocycles. The zero-order chi connectivity index (χ0) is 12.7. The van der Waals surface area contributed by atoms with Crippen molar-refractivity contribution >= 4 is 0 Å². The molecule has 1 heterocycles. The summed E-state index contributed by atoms with van der Waals surface area (Å²) in [6.45, 7) is 8.80. The molecule has 1 fully saturated rings. The standard InChI is InChI=1S/C13H28N2O2/c1-4-6-11(3)12(15-14)13(17-5-2)7-9-16-10-8-13/h11-12,15H,4-10,14H2,1-3H3. The molecule has 1 saturated heterocycles. The number of hydrogen-bond donors (Lipinski definition) is 2. The molecule has 0 aromatic carbocycles. The summed E-state index contributed by atoms with van der Waals surface area (Å²) in [5.41, 5.74) is 2.86. The Morgan fingerprint density at radius 2 is 2.00 bits per heavy atom. The molecule has 0 saturated carbocycles. The fourth-order valence-electron chi connectivity index (χ4n) is 3.01. The molecule has 4 nitrogen and oxygen atoms in total. The molecule has 2 atom stereocenters. The van der Waals surface area contributed by atoms with Gasteiger partial charge < -0.3 is 9.47 Å². The van der Waals surface area contributed by atoms with Crippen molar-refractivity contribution in [2.75, 3.05) is 19.8 Å². The number of nitrogens with two attached hydrogens (primary N) is 1. The van der Waals surface area contributed by atoms with Gasteiger partial charge in [-0.05, 0) is 19.3 Å². The van der Waals surface area contributed by atoms with Crippen molar-refractivity contribution in [3.05, 3.63) is 0 Å². The highest BCUT2D eigenvalue weighted by molar-refractivity contribution is 4.96. The van der Waals surface area contributed by atoms with Crippen LogP contribution in [0.5, 0.6) is 0 Å². The van der Waals surface area contributed by atoms with E-state index in [1.54, 1.807) is 0 Å². The van der Waals surface area contributed by atoms with Crippen molar-refractivity contribution in [1.82, 2.24) is 5.43 Å². The van der Waals surface area contributed by atoms with Crippen molar-refractivity contribution in [3.63, 3.8) is 0 Å². The number of nitrogens with one attached hydrogen (secondary N) is 1. The zero-order valence-corrected chi connectivity index (χ0v) is 11.5. The Labute approximate surface area is 105 Å². The lowest BCUT2D eigenvalue weighted by Gasteiger charge is -2.45. The molecule has 2 unspecified atom stereocenters. The van der Waals surface area contributed by atoms with Crippen molar-refractivity contribution in [2.24, 2.45) is 11.8 Å². The first-order chi connectivity index (χ1) is 8.20. The quantitative estimate of drug-likeness (QED) is 0.530. The predicted molar refractivity (Wildman–Crippen MR) is 69.6 cm³/mol. The van der Waals surface area contributed by atoms with E-state index in [9.17, 15) is 0 Å². The van der Waals surface area contributed by atoms with Crippen molar-refractivity contribution in [3.8, 4) is 0 Å². The molecule has 17 heavy (non-hydrogen) atoms. The number of ether oxygens (including phenoxy) is 2. The summed E-state index contributed by atoms with van der Waals surface area (Å²) in [5.74, 6) is 6.30. The fraction of sp³-hybridized carbons (Fsp3) is 1.00. The van der Waals surface area contributed by atoms with Gasteiger partial charge in [0, 0.05) is 32.7 Å². The highest BCUT2D eigenvalue weighted by Crippen LogP contribution is 2.33. The van der Waals surface area contributed by atoms with Crippen LogP contribution in [0.2, 0.25) is 0 Å². The van der Waals surface area contributed by atoms with Gasteiger partial charge in [-0.25, -0.2) is 0 Å². The van der Waals surface area contributed by atoms with Crippen LogP contribution in [-0.4, -0.2) is 31.5 Å². The molecule has 0 aromatic heterocycles. The van der Waals surface area contributed by atoms with Gasteiger partial charge >= 0.3 is 0 Å². The monoisotopic (exact) mass is 244 g/mol. The predicted octanol–water partition coefficient (Wildman–Crippen LogP) is 1.84. The summed E-state index contributed by atoms with van der Waals surface area (Å²) >= 11 is 0. The Morgan fingerprint density at radius 3 is 2.47 bits per heavy atom. The summed E-state index contributed by atoms with van der Waals surface area (Å²) in [4.78, 5) is 0. The first-order valence-electron chi connectivity index (χ1n) is 6.88. The molecule has 0 amide bonds. The number of rotatable bonds is 7. The van der Waals surface area contributed by atoms with E-state index in [-0.39, 0.29) is 11.6 Å². The highest BCUT2D eigenvalue weighted by Gasteiger charge is 2.42. The van der Waals surface area contributed by atoms with E-state index in [1.807, 2.05) is 0 Å². The maximum atomic E-state index is 6.07. The summed E-state index contributed by atoms with van der Waals surface area (Å²) in [5, 5.41) is 0. The summed E-state index contributed by atoms with van der Waals surface area (Å²) in [6.07, 6.45) is 4.22. The van der Waals surface area contributed by atoms with Crippen molar-refractivity contribution < 1.29 is 9.47 Å². The van der Waals surface area contributed by atoms with Gasteiger partial charge in [-0.1, -0.05) is 20.3 Å². The lowest BCUT2D eigenvalue weighted by atomic mass is 9.78. The van der Waals surface area contributed by atoms with E-state index in [4.69, 9.17) is 15.3 Å². The van der Waals surface area contributed by atoms with Gasteiger partial charge in [-0.15, -0.1) is 0 Å². The minimum Gasteiger partial charge on any atom is -0.381 e. The molecule has 0 aliphatic carbocycles.